The minimum Gasteiger partial charge on any atom is -0.370 e. The molecule has 26 heavy (non-hydrogen) atoms. The first-order chi connectivity index (χ1) is 12.7. The second-order valence-electron chi connectivity index (χ2n) is 6.10. The van der Waals surface area contributed by atoms with Gasteiger partial charge in [-0.3, -0.25) is 4.79 Å². The second-order valence-corrected chi connectivity index (χ2v) is 6.10. The number of rotatable bonds is 7. The highest BCUT2D eigenvalue weighted by molar-refractivity contribution is 5.92. The molecule has 0 atom stereocenters. The highest BCUT2D eigenvalue weighted by Crippen LogP contribution is 2.10. The van der Waals surface area contributed by atoms with E-state index in [1.807, 2.05) is 48.5 Å². The van der Waals surface area contributed by atoms with Gasteiger partial charge in [-0.05, 0) is 17.5 Å². The Bertz CT molecular complexity index is 837. The van der Waals surface area contributed by atoms with Crippen LogP contribution in [0.1, 0.15) is 21.6 Å². The number of anilines is 1. The fraction of sp³-hybridized carbons (Fsp3) is 0.190. The number of benzene rings is 2. The van der Waals surface area contributed by atoms with Crippen LogP contribution >= 0.6 is 0 Å². The van der Waals surface area contributed by atoms with Crippen molar-refractivity contribution in [3.8, 4) is 0 Å². The van der Waals surface area contributed by atoms with Gasteiger partial charge in [-0.2, -0.15) is 0 Å². The molecule has 0 saturated carbocycles. The van der Waals surface area contributed by atoms with Gasteiger partial charge in [0.15, 0.2) is 0 Å². The van der Waals surface area contributed by atoms with E-state index in [-0.39, 0.29) is 5.91 Å². The number of amides is 1. The van der Waals surface area contributed by atoms with Crippen LogP contribution in [0.25, 0.3) is 0 Å². The molecule has 1 heterocycles. The molecule has 0 aliphatic carbocycles. The van der Waals surface area contributed by atoms with Gasteiger partial charge in [0.1, 0.15) is 17.8 Å². The highest BCUT2D eigenvalue weighted by Gasteiger charge is 2.14. The van der Waals surface area contributed by atoms with E-state index in [9.17, 15) is 4.79 Å². The quantitative estimate of drug-likeness (QED) is 0.712. The summed E-state index contributed by atoms with van der Waals surface area (Å²) in [5.74, 6) is 0.537. The smallest absolute Gasteiger partial charge is 0.272 e. The molecule has 0 aliphatic heterocycles. The zero-order chi connectivity index (χ0) is 18.2. The summed E-state index contributed by atoms with van der Waals surface area (Å²) in [6.45, 7) is 1.29. The van der Waals surface area contributed by atoms with Crippen molar-refractivity contribution in [1.29, 1.82) is 0 Å². The molecule has 1 amide bonds. The molecule has 0 spiro atoms. The molecule has 3 aromatic rings. The standard InChI is InChI=1S/C21H22N4O/c1-25(15-18-10-6-3-7-11-18)21(26)19-14-20(24-16-23-19)22-13-12-17-8-4-2-5-9-17/h2-11,14,16H,12-13,15H2,1H3,(H,22,23,24). The summed E-state index contributed by atoms with van der Waals surface area (Å²) in [6.07, 6.45) is 2.32. The van der Waals surface area contributed by atoms with Crippen molar-refractivity contribution in [3.05, 3.63) is 89.9 Å². The number of hydrogen-bond acceptors (Lipinski definition) is 4. The Hall–Kier alpha value is -3.21. The Morgan fingerprint density at radius 2 is 1.62 bits per heavy atom. The first-order valence-electron chi connectivity index (χ1n) is 8.61. The second kappa shape index (κ2) is 8.76. The Morgan fingerprint density at radius 3 is 2.31 bits per heavy atom. The Kier molecular flexibility index (Phi) is 5.93. The van der Waals surface area contributed by atoms with Crippen LogP contribution in [-0.4, -0.2) is 34.4 Å². The lowest BCUT2D eigenvalue weighted by Gasteiger charge is -2.17. The van der Waals surface area contributed by atoms with Gasteiger partial charge in [-0.15, -0.1) is 0 Å². The molecule has 0 bridgehead atoms. The number of carbonyl (C=O) groups is 1. The summed E-state index contributed by atoms with van der Waals surface area (Å²) >= 11 is 0. The third kappa shape index (κ3) is 4.89. The van der Waals surface area contributed by atoms with E-state index in [2.05, 4.69) is 27.4 Å². The highest BCUT2D eigenvalue weighted by atomic mass is 16.2. The number of hydrogen-bond donors (Lipinski definition) is 1. The third-order valence-electron chi connectivity index (χ3n) is 4.06. The van der Waals surface area contributed by atoms with Gasteiger partial charge >= 0.3 is 0 Å². The minimum absolute atomic E-state index is 0.123. The van der Waals surface area contributed by atoms with Crippen molar-refractivity contribution in [2.75, 3.05) is 18.9 Å². The van der Waals surface area contributed by atoms with Crippen LogP contribution in [0.2, 0.25) is 0 Å². The van der Waals surface area contributed by atoms with E-state index in [1.165, 1.54) is 11.9 Å². The molecule has 1 aromatic heterocycles. The van der Waals surface area contributed by atoms with Crippen LogP contribution in [0.15, 0.2) is 73.1 Å². The summed E-state index contributed by atoms with van der Waals surface area (Å²) in [5, 5.41) is 3.26. The van der Waals surface area contributed by atoms with Gasteiger partial charge < -0.3 is 10.2 Å². The van der Waals surface area contributed by atoms with Crippen LogP contribution in [0, 0.1) is 0 Å². The maximum absolute atomic E-state index is 12.6. The van der Waals surface area contributed by atoms with Crippen molar-refractivity contribution in [2.45, 2.75) is 13.0 Å². The largest absolute Gasteiger partial charge is 0.370 e. The molecule has 0 radical (unpaired) electrons. The lowest BCUT2D eigenvalue weighted by Crippen LogP contribution is -2.27. The third-order valence-corrected chi connectivity index (χ3v) is 4.06. The molecular weight excluding hydrogens is 324 g/mol. The number of aromatic nitrogens is 2. The maximum atomic E-state index is 12.6. The van der Waals surface area contributed by atoms with Crippen molar-refractivity contribution in [1.82, 2.24) is 14.9 Å². The van der Waals surface area contributed by atoms with Gasteiger partial charge in [0.25, 0.3) is 5.91 Å². The average Bonchev–Trinajstić information content (AvgIpc) is 2.69. The van der Waals surface area contributed by atoms with E-state index in [4.69, 9.17) is 0 Å². The van der Waals surface area contributed by atoms with E-state index in [0.717, 1.165) is 18.5 Å². The van der Waals surface area contributed by atoms with Crippen molar-refractivity contribution >= 4 is 11.7 Å². The van der Waals surface area contributed by atoms with Crippen LogP contribution in [-0.2, 0) is 13.0 Å². The Balaban J connectivity index is 1.58. The molecular formula is C21H22N4O. The zero-order valence-electron chi connectivity index (χ0n) is 14.8. The number of nitrogens with zero attached hydrogens (tertiary/aromatic N) is 3. The van der Waals surface area contributed by atoms with E-state index >= 15 is 0 Å². The lowest BCUT2D eigenvalue weighted by molar-refractivity contribution is 0.0779. The SMILES string of the molecule is CN(Cc1ccccc1)C(=O)c1cc(NCCc2ccccc2)ncn1. The maximum Gasteiger partial charge on any atom is 0.272 e. The van der Waals surface area contributed by atoms with Gasteiger partial charge in [0.2, 0.25) is 0 Å². The normalized spacial score (nSPS) is 10.3. The first-order valence-corrected chi connectivity index (χ1v) is 8.61. The van der Waals surface area contributed by atoms with E-state index in [1.54, 1.807) is 18.0 Å². The monoisotopic (exact) mass is 346 g/mol. The number of nitrogens with one attached hydrogen (secondary N) is 1. The summed E-state index contributed by atoms with van der Waals surface area (Å²) in [5.41, 5.74) is 2.73. The molecule has 5 nitrogen and oxygen atoms in total. The first kappa shape index (κ1) is 17.6. The molecule has 0 fully saturated rings. The predicted octanol–water partition coefficient (Wildman–Crippen LogP) is 3.40. The lowest BCUT2D eigenvalue weighted by atomic mass is 10.1. The molecule has 5 heteroatoms. The number of carbonyl (C=O) groups excluding carboxylic acids is 1. The van der Waals surface area contributed by atoms with Crippen molar-refractivity contribution in [2.24, 2.45) is 0 Å². The van der Waals surface area contributed by atoms with E-state index < -0.39 is 0 Å². The summed E-state index contributed by atoms with van der Waals surface area (Å²) in [4.78, 5) is 22.6. The molecule has 2 aromatic carbocycles. The summed E-state index contributed by atoms with van der Waals surface area (Å²) < 4.78 is 0. The minimum atomic E-state index is -0.123. The topological polar surface area (TPSA) is 58.1 Å². The van der Waals surface area contributed by atoms with Crippen molar-refractivity contribution < 1.29 is 4.79 Å². The van der Waals surface area contributed by atoms with Crippen LogP contribution in [0.5, 0.6) is 0 Å². The van der Waals surface area contributed by atoms with Crippen LogP contribution in [0.3, 0.4) is 0 Å². The molecule has 132 valence electrons. The fourth-order valence-corrected chi connectivity index (χ4v) is 2.68. The predicted molar refractivity (Wildman–Crippen MR) is 103 cm³/mol. The fourth-order valence-electron chi connectivity index (χ4n) is 2.68. The van der Waals surface area contributed by atoms with Crippen LogP contribution < -0.4 is 5.32 Å². The van der Waals surface area contributed by atoms with Crippen molar-refractivity contribution in [3.63, 3.8) is 0 Å². The van der Waals surface area contributed by atoms with E-state index in [0.29, 0.717) is 18.1 Å². The van der Waals surface area contributed by atoms with Gasteiger partial charge in [0, 0.05) is 26.2 Å². The Labute approximate surface area is 153 Å². The van der Waals surface area contributed by atoms with Gasteiger partial charge in [0.05, 0.1) is 0 Å². The molecule has 0 saturated heterocycles. The van der Waals surface area contributed by atoms with Gasteiger partial charge in [-0.1, -0.05) is 60.7 Å². The summed E-state index contributed by atoms with van der Waals surface area (Å²) in [7, 11) is 1.78. The Morgan fingerprint density at radius 1 is 0.962 bits per heavy atom. The molecule has 0 aliphatic rings. The molecule has 3 rings (SSSR count). The summed E-state index contributed by atoms with van der Waals surface area (Å²) in [6, 6.07) is 21.8. The zero-order valence-corrected chi connectivity index (χ0v) is 14.8. The average molecular weight is 346 g/mol. The van der Waals surface area contributed by atoms with Gasteiger partial charge in [-0.25, -0.2) is 9.97 Å². The molecule has 1 N–H and O–H groups in total. The molecule has 0 unspecified atom stereocenters. The van der Waals surface area contributed by atoms with Crippen LogP contribution in [0.4, 0.5) is 5.82 Å².